The van der Waals surface area contributed by atoms with Crippen LogP contribution in [0, 0.1) is 0 Å². The highest BCUT2D eigenvalue weighted by Crippen LogP contribution is 2.30. The van der Waals surface area contributed by atoms with Crippen molar-refractivity contribution in [3.63, 3.8) is 0 Å². The van der Waals surface area contributed by atoms with Crippen molar-refractivity contribution in [2.24, 2.45) is 0 Å². The van der Waals surface area contributed by atoms with Gasteiger partial charge in [-0.3, -0.25) is 0 Å². The summed E-state index contributed by atoms with van der Waals surface area (Å²) in [6, 6.07) is 19.9. The first-order valence-corrected chi connectivity index (χ1v) is 7.34. The van der Waals surface area contributed by atoms with Gasteiger partial charge >= 0.3 is 0 Å². The molecule has 1 fully saturated rings. The molecule has 1 aliphatic rings. The summed E-state index contributed by atoms with van der Waals surface area (Å²) in [5.74, 6) is 0. The second-order valence-corrected chi connectivity index (χ2v) is 5.39. The largest absolute Gasteiger partial charge is 0.382 e. The van der Waals surface area contributed by atoms with Crippen molar-refractivity contribution in [2.75, 3.05) is 5.32 Å². The number of hydrogen-bond donors (Lipinski definition) is 1. The number of nitrogens with one attached hydrogen (secondary N) is 1. The molecule has 19 heavy (non-hydrogen) atoms. The van der Waals surface area contributed by atoms with Crippen LogP contribution in [0.5, 0.6) is 0 Å². The van der Waals surface area contributed by atoms with Crippen molar-refractivity contribution in [1.82, 2.24) is 0 Å². The molecule has 0 aliphatic heterocycles. The fourth-order valence-corrected chi connectivity index (χ4v) is 2.95. The summed E-state index contributed by atoms with van der Waals surface area (Å²) in [5, 5.41) is 3.75. The maximum Gasteiger partial charge on any atom is 0.0422 e. The van der Waals surface area contributed by atoms with E-state index in [1.165, 1.54) is 48.9 Å². The molecule has 0 radical (unpaired) electrons. The van der Waals surface area contributed by atoms with Crippen LogP contribution in [0.15, 0.2) is 54.6 Å². The number of para-hydroxylation sites is 1. The monoisotopic (exact) mass is 251 g/mol. The van der Waals surface area contributed by atoms with Crippen LogP contribution in [0.1, 0.15) is 32.1 Å². The first-order valence-electron chi connectivity index (χ1n) is 7.34. The average molecular weight is 251 g/mol. The van der Waals surface area contributed by atoms with Crippen LogP contribution in [0.4, 0.5) is 5.69 Å². The molecule has 0 bridgehead atoms. The van der Waals surface area contributed by atoms with Gasteiger partial charge in [0.2, 0.25) is 0 Å². The van der Waals surface area contributed by atoms with E-state index >= 15 is 0 Å². The van der Waals surface area contributed by atoms with Gasteiger partial charge in [-0.15, -0.1) is 0 Å². The Morgan fingerprint density at radius 3 is 2.21 bits per heavy atom. The molecule has 0 atom stereocenters. The molecule has 1 aliphatic carbocycles. The Bertz CT molecular complexity index is 512. The fraction of sp³-hybridized carbons (Fsp3) is 0.333. The van der Waals surface area contributed by atoms with Crippen LogP contribution in [0.3, 0.4) is 0 Å². The van der Waals surface area contributed by atoms with E-state index in [2.05, 4.69) is 59.9 Å². The van der Waals surface area contributed by atoms with Crippen LogP contribution >= 0.6 is 0 Å². The molecule has 2 aromatic rings. The van der Waals surface area contributed by atoms with Crippen LogP contribution < -0.4 is 5.32 Å². The average Bonchev–Trinajstić information content (AvgIpc) is 2.50. The molecule has 1 N–H and O–H groups in total. The van der Waals surface area contributed by atoms with Crippen LogP contribution in [-0.2, 0) is 0 Å². The van der Waals surface area contributed by atoms with E-state index in [0.29, 0.717) is 6.04 Å². The highest BCUT2D eigenvalue weighted by Gasteiger charge is 2.14. The molecular formula is C18H21N. The Labute approximate surface area is 115 Å². The normalized spacial score (nSPS) is 16.2. The molecule has 2 aromatic carbocycles. The fourth-order valence-electron chi connectivity index (χ4n) is 2.95. The quantitative estimate of drug-likeness (QED) is 0.800. The number of rotatable bonds is 3. The lowest BCUT2D eigenvalue weighted by atomic mass is 9.94. The van der Waals surface area contributed by atoms with Gasteiger partial charge in [0.05, 0.1) is 0 Å². The van der Waals surface area contributed by atoms with Crippen molar-refractivity contribution in [3.05, 3.63) is 54.6 Å². The summed E-state index contributed by atoms with van der Waals surface area (Å²) in [5.41, 5.74) is 3.88. The summed E-state index contributed by atoms with van der Waals surface area (Å²) in [4.78, 5) is 0. The van der Waals surface area contributed by atoms with E-state index < -0.39 is 0 Å². The molecule has 0 aromatic heterocycles. The Hall–Kier alpha value is -1.76. The minimum atomic E-state index is 0.651. The van der Waals surface area contributed by atoms with Gasteiger partial charge in [0.25, 0.3) is 0 Å². The first kappa shape index (κ1) is 12.3. The molecule has 1 nitrogen and oxygen atoms in total. The Morgan fingerprint density at radius 2 is 1.42 bits per heavy atom. The van der Waals surface area contributed by atoms with Gasteiger partial charge in [-0.05, 0) is 24.5 Å². The lowest BCUT2D eigenvalue weighted by molar-refractivity contribution is 0.463. The van der Waals surface area contributed by atoms with Crippen molar-refractivity contribution >= 4 is 5.69 Å². The Kier molecular flexibility index (Phi) is 3.83. The summed E-state index contributed by atoms with van der Waals surface area (Å²) in [7, 11) is 0. The topological polar surface area (TPSA) is 12.0 Å². The van der Waals surface area contributed by atoms with E-state index in [0.717, 1.165) is 0 Å². The minimum absolute atomic E-state index is 0.651. The number of anilines is 1. The zero-order valence-electron chi connectivity index (χ0n) is 11.3. The molecule has 1 saturated carbocycles. The summed E-state index contributed by atoms with van der Waals surface area (Å²) < 4.78 is 0. The molecule has 0 heterocycles. The van der Waals surface area contributed by atoms with E-state index in [1.54, 1.807) is 0 Å². The third-order valence-electron chi connectivity index (χ3n) is 3.98. The minimum Gasteiger partial charge on any atom is -0.382 e. The van der Waals surface area contributed by atoms with E-state index in [9.17, 15) is 0 Å². The maximum absolute atomic E-state index is 3.75. The summed E-state index contributed by atoms with van der Waals surface area (Å²) in [6.45, 7) is 0. The Morgan fingerprint density at radius 1 is 0.737 bits per heavy atom. The van der Waals surface area contributed by atoms with E-state index in [-0.39, 0.29) is 0 Å². The highest BCUT2D eigenvalue weighted by atomic mass is 14.9. The standard InChI is InChI=1S/C18H21N/c1-3-9-15(10-4-1)17-13-7-8-14-18(17)19-16-11-5-2-6-12-16/h1,3-4,7-10,13-14,16,19H,2,5-6,11-12H2. The second-order valence-electron chi connectivity index (χ2n) is 5.39. The van der Waals surface area contributed by atoms with Crippen molar-refractivity contribution in [3.8, 4) is 11.1 Å². The maximum atomic E-state index is 3.75. The molecule has 1 heteroatoms. The predicted molar refractivity (Wildman–Crippen MR) is 82.4 cm³/mol. The first-order chi connectivity index (χ1) is 9.43. The predicted octanol–water partition coefficient (Wildman–Crippen LogP) is 5.10. The van der Waals surface area contributed by atoms with Gasteiger partial charge in [-0.1, -0.05) is 67.8 Å². The molecule has 0 saturated heterocycles. The Balaban J connectivity index is 1.85. The highest BCUT2D eigenvalue weighted by molar-refractivity contribution is 5.77. The molecule has 3 rings (SSSR count). The van der Waals surface area contributed by atoms with Crippen LogP contribution in [0.2, 0.25) is 0 Å². The third-order valence-corrected chi connectivity index (χ3v) is 3.98. The second kappa shape index (κ2) is 5.92. The lowest BCUT2D eigenvalue weighted by Gasteiger charge is -2.25. The van der Waals surface area contributed by atoms with Crippen LogP contribution in [-0.4, -0.2) is 6.04 Å². The van der Waals surface area contributed by atoms with Gasteiger partial charge in [0.15, 0.2) is 0 Å². The van der Waals surface area contributed by atoms with Gasteiger partial charge in [0, 0.05) is 17.3 Å². The molecular weight excluding hydrogens is 230 g/mol. The van der Waals surface area contributed by atoms with Crippen LogP contribution in [0.25, 0.3) is 11.1 Å². The van der Waals surface area contributed by atoms with Crippen molar-refractivity contribution < 1.29 is 0 Å². The third kappa shape index (κ3) is 2.98. The van der Waals surface area contributed by atoms with Crippen molar-refractivity contribution in [1.29, 1.82) is 0 Å². The smallest absolute Gasteiger partial charge is 0.0422 e. The summed E-state index contributed by atoms with van der Waals surface area (Å²) in [6.07, 6.45) is 6.75. The van der Waals surface area contributed by atoms with Gasteiger partial charge in [-0.2, -0.15) is 0 Å². The van der Waals surface area contributed by atoms with Gasteiger partial charge < -0.3 is 5.32 Å². The molecule has 98 valence electrons. The van der Waals surface area contributed by atoms with E-state index in [4.69, 9.17) is 0 Å². The zero-order valence-corrected chi connectivity index (χ0v) is 11.3. The summed E-state index contributed by atoms with van der Waals surface area (Å²) >= 11 is 0. The lowest BCUT2D eigenvalue weighted by Crippen LogP contribution is -2.22. The van der Waals surface area contributed by atoms with E-state index in [1.807, 2.05) is 0 Å². The van der Waals surface area contributed by atoms with Crippen molar-refractivity contribution in [2.45, 2.75) is 38.1 Å². The van der Waals surface area contributed by atoms with Gasteiger partial charge in [0.1, 0.15) is 0 Å². The number of benzene rings is 2. The molecule has 0 unspecified atom stereocenters. The zero-order chi connectivity index (χ0) is 12.9. The SMILES string of the molecule is c1ccc(-c2ccccc2NC2CCCCC2)cc1. The van der Waals surface area contributed by atoms with Gasteiger partial charge in [-0.25, -0.2) is 0 Å². The molecule has 0 amide bonds. The number of hydrogen-bond acceptors (Lipinski definition) is 1. The molecule has 0 spiro atoms.